The molecule has 0 amide bonds. The summed E-state index contributed by atoms with van der Waals surface area (Å²) in [5, 5.41) is 9.23. The molecule has 0 aromatic heterocycles. The first-order chi connectivity index (χ1) is 9.52. The molecule has 0 aliphatic carbocycles. The molecule has 0 unspecified atom stereocenters. The quantitative estimate of drug-likeness (QED) is 0.931. The van der Waals surface area contributed by atoms with Gasteiger partial charge in [-0.25, -0.2) is 13.6 Å². The topological polar surface area (TPSA) is 46.5 Å². The maximum atomic E-state index is 13.8. The van der Waals surface area contributed by atoms with Gasteiger partial charge in [0.05, 0.1) is 12.2 Å². The molecule has 2 aromatic carbocycles. The van der Waals surface area contributed by atoms with E-state index in [1.807, 2.05) is 0 Å². The van der Waals surface area contributed by atoms with Crippen molar-refractivity contribution in [2.45, 2.75) is 6.61 Å². The smallest absolute Gasteiger partial charge is 0.336 e. The van der Waals surface area contributed by atoms with Crippen LogP contribution >= 0.6 is 0 Å². The number of hydrogen-bond donors (Lipinski definition) is 1. The summed E-state index contributed by atoms with van der Waals surface area (Å²) in [6.07, 6.45) is 0. The molecule has 3 nitrogen and oxygen atoms in total. The standard InChI is InChI=1S/C15H12F2O3/c1-20-8-9-2-4-11(13(6-9)15(18)19)12-5-3-10(16)7-14(12)17/h2-7H,8H2,1H3,(H,18,19). The van der Waals surface area contributed by atoms with Crippen LogP contribution in [0.15, 0.2) is 36.4 Å². The number of ether oxygens (including phenoxy) is 1. The highest BCUT2D eigenvalue weighted by molar-refractivity contribution is 5.96. The second-order valence-electron chi connectivity index (χ2n) is 4.24. The van der Waals surface area contributed by atoms with E-state index in [0.717, 1.165) is 12.1 Å². The molecule has 20 heavy (non-hydrogen) atoms. The Morgan fingerprint density at radius 1 is 1.15 bits per heavy atom. The lowest BCUT2D eigenvalue weighted by Gasteiger charge is -2.10. The van der Waals surface area contributed by atoms with Gasteiger partial charge in [0.15, 0.2) is 0 Å². The Morgan fingerprint density at radius 2 is 1.85 bits per heavy atom. The van der Waals surface area contributed by atoms with Crippen molar-refractivity contribution in [2.75, 3.05) is 7.11 Å². The van der Waals surface area contributed by atoms with E-state index in [0.29, 0.717) is 5.56 Å². The van der Waals surface area contributed by atoms with Crippen LogP contribution in [0.1, 0.15) is 15.9 Å². The normalized spacial score (nSPS) is 10.6. The van der Waals surface area contributed by atoms with Crippen molar-refractivity contribution in [3.63, 3.8) is 0 Å². The van der Waals surface area contributed by atoms with E-state index < -0.39 is 17.6 Å². The van der Waals surface area contributed by atoms with Crippen molar-refractivity contribution < 1.29 is 23.4 Å². The molecule has 0 fully saturated rings. The van der Waals surface area contributed by atoms with Gasteiger partial charge < -0.3 is 9.84 Å². The molecule has 2 aromatic rings. The Labute approximate surface area is 114 Å². The van der Waals surface area contributed by atoms with Crippen molar-refractivity contribution in [1.29, 1.82) is 0 Å². The molecule has 0 spiro atoms. The Kier molecular flexibility index (Phi) is 4.10. The summed E-state index contributed by atoms with van der Waals surface area (Å²) in [7, 11) is 1.49. The zero-order chi connectivity index (χ0) is 14.7. The van der Waals surface area contributed by atoms with E-state index in [1.54, 1.807) is 6.07 Å². The van der Waals surface area contributed by atoms with Crippen molar-refractivity contribution in [1.82, 2.24) is 0 Å². The highest BCUT2D eigenvalue weighted by Crippen LogP contribution is 2.28. The lowest BCUT2D eigenvalue weighted by Crippen LogP contribution is -2.02. The molecule has 0 atom stereocenters. The Bertz CT molecular complexity index is 654. The van der Waals surface area contributed by atoms with Gasteiger partial charge in [0.1, 0.15) is 11.6 Å². The summed E-state index contributed by atoms with van der Waals surface area (Å²) in [6, 6.07) is 7.60. The van der Waals surface area contributed by atoms with Crippen molar-refractivity contribution in [2.24, 2.45) is 0 Å². The monoisotopic (exact) mass is 278 g/mol. The van der Waals surface area contributed by atoms with Crippen LogP contribution in [-0.4, -0.2) is 18.2 Å². The molecule has 2 rings (SSSR count). The molecule has 0 heterocycles. The third-order valence-corrected chi connectivity index (χ3v) is 2.85. The fourth-order valence-corrected chi connectivity index (χ4v) is 1.97. The number of methoxy groups -OCH3 is 1. The first kappa shape index (κ1) is 14.1. The highest BCUT2D eigenvalue weighted by atomic mass is 19.1. The third kappa shape index (κ3) is 2.83. The van der Waals surface area contributed by atoms with Crippen LogP contribution in [0, 0.1) is 11.6 Å². The summed E-state index contributed by atoms with van der Waals surface area (Å²) < 4.78 is 31.6. The second-order valence-corrected chi connectivity index (χ2v) is 4.24. The van der Waals surface area contributed by atoms with Gasteiger partial charge >= 0.3 is 5.97 Å². The molecule has 0 bridgehead atoms. The van der Waals surface area contributed by atoms with Gasteiger partial charge in [0.2, 0.25) is 0 Å². The number of benzene rings is 2. The molecule has 1 N–H and O–H groups in total. The van der Waals surface area contributed by atoms with Crippen molar-refractivity contribution in [3.8, 4) is 11.1 Å². The van der Waals surface area contributed by atoms with Crippen LogP contribution in [0.25, 0.3) is 11.1 Å². The predicted octanol–water partition coefficient (Wildman–Crippen LogP) is 3.48. The molecule has 5 heteroatoms. The maximum absolute atomic E-state index is 13.8. The van der Waals surface area contributed by atoms with E-state index >= 15 is 0 Å². The first-order valence-electron chi connectivity index (χ1n) is 5.83. The Balaban J connectivity index is 2.58. The minimum absolute atomic E-state index is 0.0489. The maximum Gasteiger partial charge on any atom is 0.336 e. The summed E-state index contributed by atoms with van der Waals surface area (Å²) in [4.78, 5) is 11.3. The van der Waals surface area contributed by atoms with Crippen LogP contribution in [0.3, 0.4) is 0 Å². The second kappa shape index (κ2) is 5.79. The number of halogens is 2. The summed E-state index contributed by atoms with van der Waals surface area (Å²) >= 11 is 0. The van der Waals surface area contributed by atoms with E-state index in [2.05, 4.69) is 0 Å². The molecule has 0 radical (unpaired) electrons. The number of carboxylic acid groups (broad SMARTS) is 1. The van der Waals surface area contributed by atoms with Crippen LogP contribution in [0.5, 0.6) is 0 Å². The third-order valence-electron chi connectivity index (χ3n) is 2.85. The largest absolute Gasteiger partial charge is 0.478 e. The lowest BCUT2D eigenvalue weighted by molar-refractivity contribution is 0.0697. The van der Waals surface area contributed by atoms with Crippen LogP contribution < -0.4 is 0 Å². The molecule has 104 valence electrons. The Morgan fingerprint density at radius 3 is 2.45 bits per heavy atom. The van der Waals surface area contributed by atoms with E-state index in [4.69, 9.17) is 4.74 Å². The Hall–Kier alpha value is -2.27. The lowest BCUT2D eigenvalue weighted by atomic mass is 9.97. The van der Waals surface area contributed by atoms with Crippen molar-refractivity contribution in [3.05, 3.63) is 59.2 Å². The average Bonchev–Trinajstić information content (AvgIpc) is 2.39. The number of carbonyl (C=O) groups is 1. The van der Waals surface area contributed by atoms with Gasteiger partial charge in [0.25, 0.3) is 0 Å². The van der Waals surface area contributed by atoms with Gasteiger partial charge in [-0.2, -0.15) is 0 Å². The molecular weight excluding hydrogens is 266 g/mol. The number of aromatic carboxylic acids is 1. The summed E-state index contributed by atoms with van der Waals surface area (Å²) in [6.45, 7) is 0.256. The van der Waals surface area contributed by atoms with E-state index in [1.165, 1.54) is 25.3 Å². The fourth-order valence-electron chi connectivity index (χ4n) is 1.97. The van der Waals surface area contributed by atoms with E-state index in [-0.39, 0.29) is 23.3 Å². The van der Waals surface area contributed by atoms with Gasteiger partial charge in [-0.05, 0) is 29.3 Å². The predicted molar refractivity (Wildman–Crippen MR) is 69.5 cm³/mol. The number of rotatable bonds is 4. The van der Waals surface area contributed by atoms with E-state index in [9.17, 15) is 18.7 Å². The van der Waals surface area contributed by atoms with Crippen LogP contribution in [0.4, 0.5) is 8.78 Å². The van der Waals surface area contributed by atoms with Gasteiger partial charge in [-0.15, -0.1) is 0 Å². The fraction of sp³-hybridized carbons (Fsp3) is 0.133. The zero-order valence-electron chi connectivity index (χ0n) is 10.7. The summed E-state index contributed by atoms with van der Waals surface area (Å²) in [5.74, 6) is -2.69. The first-order valence-corrected chi connectivity index (χ1v) is 5.83. The summed E-state index contributed by atoms with van der Waals surface area (Å²) in [5.41, 5.74) is 0.865. The molecule has 0 aliphatic rings. The number of hydrogen-bond acceptors (Lipinski definition) is 2. The minimum atomic E-state index is -1.18. The SMILES string of the molecule is COCc1ccc(-c2ccc(F)cc2F)c(C(=O)O)c1. The molecule has 0 saturated carbocycles. The van der Waals surface area contributed by atoms with Gasteiger partial charge in [0, 0.05) is 18.7 Å². The van der Waals surface area contributed by atoms with Crippen molar-refractivity contribution >= 4 is 5.97 Å². The molecule has 0 aliphatic heterocycles. The molecule has 0 saturated heterocycles. The van der Waals surface area contributed by atoms with Crippen LogP contribution in [0.2, 0.25) is 0 Å². The van der Waals surface area contributed by atoms with Gasteiger partial charge in [-0.3, -0.25) is 0 Å². The van der Waals surface area contributed by atoms with Crippen LogP contribution in [-0.2, 0) is 11.3 Å². The molecular formula is C15H12F2O3. The average molecular weight is 278 g/mol. The minimum Gasteiger partial charge on any atom is -0.478 e. The number of carboxylic acids is 1. The zero-order valence-corrected chi connectivity index (χ0v) is 10.7. The highest BCUT2D eigenvalue weighted by Gasteiger charge is 2.16. The van der Waals surface area contributed by atoms with Gasteiger partial charge in [-0.1, -0.05) is 12.1 Å².